The van der Waals surface area contributed by atoms with Crippen molar-refractivity contribution in [2.24, 2.45) is 5.92 Å². The number of hydrogen-bond donors (Lipinski definition) is 0. The molecular weight excluding hydrogens is 330 g/mol. The van der Waals surface area contributed by atoms with E-state index in [1.807, 2.05) is 31.2 Å². The van der Waals surface area contributed by atoms with Gasteiger partial charge in [0.05, 0.1) is 19.1 Å². The van der Waals surface area contributed by atoms with E-state index in [9.17, 15) is 4.79 Å². The Kier molecular flexibility index (Phi) is 5.36. The molecule has 1 aromatic rings. The number of methoxy groups -OCH3 is 1. The quantitative estimate of drug-likeness (QED) is 0.452. The van der Waals surface area contributed by atoms with Gasteiger partial charge in [0.1, 0.15) is 11.8 Å². The van der Waals surface area contributed by atoms with E-state index in [1.165, 1.54) is 0 Å². The first-order chi connectivity index (χ1) is 11.5. The molecule has 0 bridgehead atoms. The number of carbonyl (C=O) groups excluding carboxylic acids is 1. The van der Waals surface area contributed by atoms with Gasteiger partial charge in [-0.15, -0.1) is 6.42 Å². The van der Waals surface area contributed by atoms with Gasteiger partial charge in [0.2, 0.25) is 5.91 Å². The van der Waals surface area contributed by atoms with Crippen LogP contribution in [-0.2, 0) is 9.22 Å². The van der Waals surface area contributed by atoms with E-state index in [-0.39, 0.29) is 29.0 Å². The van der Waals surface area contributed by atoms with E-state index in [0.717, 1.165) is 11.4 Å². The first kappa shape index (κ1) is 19.6. The van der Waals surface area contributed by atoms with Crippen LogP contribution in [0.5, 0.6) is 5.75 Å². The van der Waals surface area contributed by atoms with Crippen LogP contribution < -0.4 is 9.64 Å². The third kappa shape index (κ3) is 3.60. The molecule has 5 heteroatoms. The predicted octanol–water partition coefficient (Wildman–Crippen LogP) is 4.07. The van der Waals surface area contributed by atoms with E-state index in [0.29, 0.717) is 0 Å². The Balaban J connectivity index is 2.16. The number of β-lactam (4-membered cyclic amide) rings is 1. The van der Waals surface area contributed by atoms with Gasteiger partial charge in [-0.1, -0.05) is 26.7 Å². The second-order valence-electron chi connectivity index (χ2n) is 8.13. The summed E-state index contributed by atoms with van der Waals surface area (Å²) in [4.78, 5) is 14.5. The molecule has 0 saturated carbocycles. The number of benzene rings is 1. The summed E-state index contributed by atoms with van der Waals surface area (Å²) in [6, 6.07) is 7.10. The number of terminal acetylenes is 1. The number of ether oxygens (including phenoxy) is 1. The summed E-state index contributed by atoms with van der Waals surface area (Å²) in [6.45, 7) is 12.9. The van der Waals surface area contributed by atoms with Crippen LogP contribution in [0.15, 0.2) is 24.3 Å². The molecule has 136 valence electrons. The summed E-state index contributed by atoms with van der Waals surface area (Å²) in [5.41, 5.74) is 0.796. The smallest absolute Gasteiger partial charge is 0.236 e. The first-order valence-corrected chi connectivity index (χ1v) is 11.6. The van der Waals surface area contributed by atoms with Crippen molar-refractivity contribution in [3.05, 3.63) is 24.3 Å². The minimum absolute atomic E-state index is 0.0272. The molecule has 0 spiro atoms. The van der Waals surface area contributed by atoms with Gasteiger partial charge in [-0.05, 0) is 49.3 Å². The molecule has 1 heterocycles. The zero-order valence-corrected chi connectivity index (χ0v) is 17.3. The van der Waals surface area contributed by atoms with Crippen molar-refractivity contribution in [3.8, 4) is 18.1 Å². The molecule has 25 heavy (non-hydrogen) atoms. The Morgan fingerprint density at radius 1 is 1.24 bits per heavy atom. The third-order valence-corrected chi connectivity index (χ3v) is 10.0. The number of anilines is 1. The van der Waals surface area contributed by atoms with Crippen LogP contribution in [-0.4, -0.2) is 33.5 Å². The fraction of sp³-hybridized carbons (Fsp3) is 0.550. The number of nitrogens with zero attached hydrogens (tertiary/aromatic N) is 1. The third-order valence-electron chi connectivity index (χ3n) is 5.45. The largest absolute Gasteiger partial charge is 0.497 e. The Bertz CT molecular complexity index is 670. The normalized spacial score (nSPS) is 22.2. The number of rotatable bonds is 5. The van der Waals surface area contributed by atoms with Gasteiger partial charge in [-0.2, -0.15) is 0 Å². The Labute approximate surface area is 152 Å². The molecule has 0 N–H and O–H groups in total. The molecule has 1 fully saturated rings. The molecule has 0 aliphatic carbocycles. The van der Waals surface area contributed by atoms with E-state index in [4.69, 9.17) is 15.6 Å². The van der Waals surface area contributed by atoms with Gasteiger partial charge in [0.25, 0.3) is 0 Å². The lowest BCUT2D eigenvalue weighted by atomic mass is 9.83. The van der Waals surface area contributed by atoms with Gasteiger partial charge in [-0.3, -0.25) is 9.69 Å². The summed E-state index contributed by atoms with van der Waals surface area (Å²) in [5, 5.41) is 0.0926. The standard InChI is InChI=1S/C20H29NO3Si/c1-9-17-18(14(2)24-25(7,8)20(3,4)5)19(22)21(17)15-10-12-16(23-6)13-11-15/h1,10-14,17-18H,2-8H3/t14-,17-,18-/m1/s1. The van der Waals surface area contributed by atoms with Crippen molar-refractivity contribution in [3.63, 3.8) is 0 Å². The molecule has 0 radical (unpaired) electrons. The van der Waals surface area contributed by atoms with E-state index >= 15 is 0 Å². The van der Waals surface area contributed by atoms with Gasteiger partial charge in [0, 0.05) is 5.69 Å². The minimum atomic E-state index is -1.95. The fourth-order valence-electron chi connectivity index (χ4n) is 2.89. The second kappa shape index (κ2) is 6.85. The molecule has 1 aromatic carbocycles. The van der Waals surface area contributed by atoms with Crippen molar-refractivity contribution in [2.45, 2.75) is 58.0 Å². The number of hydrogen-bond acceptors (Lipinski definition) is 3. The summed E-state index contributed by atoms with van der Waals surface area (Å²) in [7, 11) is -0.340. The predicted molar refractivity (Wildman–Crippen MR) is 104 cm³/mol. The Morgan fingerprint density at radius 2 is 1.80 bits per heavy atom. The minimum Gasteiger partial charge on any atom is -0.497 e. The van der Waals surface area contributed by atoms with Crippen LogP contribution in [0.4, 0.5) is 5.69 Å². The van der Waals surface area contributed by atoms with E-state index in [2.05, 4.69) is 39.8 Å². The first-order valence-electron chi connectivity index (χ1n) is 8.64. The monoisotopic (exact) mass is 359 g/mol. The lowest BCUT2D eigenvalue weighted by Gasteiger charge is -2.49. The lowest BCUT2D eigenvalue weighted by Crippen LogP contribution is -2.65. The molecule has 4 nitrogen and oxygen atoms in total. The second-order valence-corrected chi connectivity index (χ2v) is 12.9. The van der Waals surface area contributed by atoms with Crippen LogP contribution in [0, 0.1) is 18.3 Å². The average Bonchev–Trinajstić information content (AvgIpc) is 2.51. The molecule has 1 saturated heterocycles. The number of amides is 1. The molecule has 1 amide bonds. The van der Waals surface area contributed by atoms with Gasteiger partial charge in [-0.25, -0.2) is 0 Å². The van der Waals surface area contributed by atoms with Crippen LogP contribution in [0.2, 0.25) is 18.1 Å². The van der Waals surface area contributed by atoms with Crippen molar-refractivity contribution >= 4 is 19.9 Å². The molecular formula is C20H29NO3Si. The maximum absolute atomic E-state index is 12.8. The van der Waals surface area contributed by atoms with Gasteiger partial charge in [0.15, 0.2) is 8.32 Å². The molecule has 2 rings (SSSR count). The van der Waals surface area contributed by atoms with Gasteiger partial charge >= 0.3 is 0 Å². The average molecular weight is 360 g/mol. The van der Waals surface area contributed by atoms with Crippen LogP contribution >= 0.6 is 0 Å². The highest BCUT2D eigenvalue weighted by molar-refractivity contribution is 6.74. The lowest BCUT2D eigenvalue weighted by molar-refractivity contribution is -0.132. The Hall–Kier alpha value is -1.77. The van der Waals surface area contributed by atoms with Crippen molar-refractivity contribution < 1.29 is 14.0 Å². The maximum atomic E-state index is 12.8. The Morgan fingerprint density at radius 3 is 2.24 bits per heavy atom. The molecule has 0 unspecified atom stereocenters. The summed E-state index contributed by atoms with van der Waals surface area (Å²) >= 11 is 0. The summed E-state index contributed by atoms with van der Waals surface area (Å²) < 4.78 is 11.6. The molecule has 1 aliphatic rings. The SMILES string of the molecule is C#C[C@@H]1[C@@H]([C@@H](C)O[Si](C)(C)C(C)(C)C)C(=O)N1c1ccc(OC)cc1. The highest BCUT2D eigenvalue weighted by Gasteiger charge is 2.52. The van der Waals surface area contributed by atoms with Crippen molar-refractivity contribution in [2.75, 3.05) is 12.0 Å². The molecule has 0 aromatic heterocycles. The van der Waals surface area contributed by atoms with Crippen LogP contribution in [0.3, 0.4) is 0 Å². The highest BCUT2D eigenvalue weighted by Crippen LogP contribution is 2.41. The maximum Gasteiger partial charge on any atom is 0.236 e. The molecule has 3 atom stereocenters. The van der Waals surface area contributed by atoms with Gasteiger partial charge < -0.3 is 9.16 Å². The van der Waals surface area contributed by atoms with Crippen LogP contribution in [0.25, 0.3) is 0 Å². The highest BCUT2D eigenvalue weighted by atomic mass is 28.4. The fourth-order valence-corrected chi connectivity index (χ4v) is 4.32. The molecule has 1 aliphatic heterocycles. The van der Waals surface area contributed by atoms with Crippen molar-refractivity contribution in [1.82, 2.24) is 0 Å². The zero-order chi connectivity index (χ0) is 19.0. The van der Waals surface area contributed by atoms with E-state index < -0.39 is 8.32 Å². The summed E-state index contributed by atoms with van der Waals surface area (Å²) in [5.74, 6) is 3.26. The van der Waals surface area contributed by atoms with Crippen molar-refractivity contribution in [1.29, 1.82) is 0 Å². The number of carbonyl (C=O) groups is 1. The zero-order valence-electron chi connectivity index (χ0n) is 16.3. The summed E-state index contributed by atoms with van der Waals surface area (Å²) in [6.07, 6.45) is 5.55. The van der Waals surface area contributed by atoms with E-state index in [1.54, 1.807) is 12.0 Å². The van der Waals surface area contributed by atoms with Crippen LogP contribution in [0.1, 0.15) is 27.7 Å². The topological polar surface area (TPSA) is 38.8 Å².